The molecule has 24 heteroatoms. The Morgan fingerprint density at radius 1 is 0.706 bits per heavy atom. The molecular formula is C27H49N7O17. The van der Waals surface area contributed by atoms with Crippen LogP contribution in [-0.4, -0.2) is 211 Å². The van der Waals surface area contributed by atoms with Crippen LogP contribution in [0.3, 0.4) is 0 Å². The largest absolute Gasteiger partial charge is 0.394 e. The summed E-state index contributed by atoms with van der Waals surface area (Å²) in [7, 11) is 1.36. The topological polar surface area (TPSA) is 416 Å². The van der Waals surface area contributed by atoms with Gasteiger partial charge in [0.25, 0.3) is 0 Å². The Bertz CT molecular complexity index is 1230. The number of guanidine groups is 2. The molecule has 0 radical (unpaired) electrons. The molecule has 4 fully saturated rings. The van der Waals surface area contributed by atoms with Crippen molar-refractivity contribution in [3.8, 4) is 0 Å². The summed E-state index contributed by atoms with van der Waals surface area (Å²) in [6.45, 7) is -0.340. The molecule has 0 spiro atoms. The molecule has 0 unspecified atom stereocenters. The first-order valence-electron chi connectivity index (χ1n) is 15.9. The number of aliphatic imine (C=N–C) groups is 2. The van der Waals surface area contributed by atoms with Crippen LogP contribution >= 0.6 is 0 Å². The molecule has 3 saturated heterocycles. The van der Waals surface area contributed by atoms with Gasteiger partial charge in [-0.15, -0.1) is 0 Å². The van der Waals surface area contributed by atoms with Gasteiger partial charge in [0.2, 0.25) is 0 Å². The summed E-state index contributed by atoms with van der Waals surface area (Å²) >= 11 is 0. The Hall–Kier alpha value is -2.47. The average Bonchev–Trinajstić information content (AvgIpc) is 3.32. The summed E-state index contributed by atoms with van der Waals surface area (Å²) in [6, 6.07) is -4.40. The van der Waals surface area contributed by atoms with Crippen molar-refractivity contribution < 1.29 is 84.3 Å². The molecule has 0 aromatic heterocycles. The zero-order chi connectivity index (χ0) is 38.1. The Labute approximate surface area is 290 Å². The average molecular weight is 744 g/mol. The maximum Gasteiger partial charge on any atom is 0.188 e. The number of rotatable bonds is 12. The van der Waals surface area contributed by atoms with Crippen molar-refractivity contribution in [2.24, 2.45) is 32.9 Å². The number of carbonyl (C=O) groups excluding carboxylic acids is 1. The molecule has 4 rings (SSSR count). The van der Waals surface area contributed by atoms with Gasteiger partial charge in [-0.25, -0.2) is 9.98 Å². The number of aliphatic hydroxyl groups is 10. The number of carbonyl (C=O) groups is 1. The van der Waals surface area contributed by atoms with E-state index in [-0.39, 0.29) is 6.29 Å². The lowest BCUT2D eigenvalue weighted by Gasteiger charge is -2.48. The summed E-state index contributed by atoms with van der Waals surface area (Å²) in [5, 5.41) is 109. The second-order valence-corrected chi connectivity index (χ2v) is 12.7. The van der Waals surface area contributed by atoms with Crippen LogP contribution in [0.25, 0.3) is 0 Å². The monoisotopic (exact) mass is 743 g/mol. The van der Waals surface area contributed by atoms with Crippen LogP contribution in [0.4, 0.5) is 0 Å². The molecule has 51 heavy (non-hydrogen) atoms. The van der Waals surface area contributed by atoms with Crippen LogP contribution in [0.15, 0.2) is 9.98 Å². The van der Waals surface area contributed by atoms with E-state index in [1.165, 1.54) is 14.0 Å². The van der Waals surface area contributed by atoms with Crippen molar-refractivity contribution in [3.63, 3.8) is 0 Å². The number of nitrogens with two attached hydrogens (primary N) is 4. The first-order valence-corrected chi connectivity index (χ1v) is 15.9. The van der Waals surface area contributed by atoms with Crippen LogP contribution in [0, 0.1) is 0 Å². The number of aldehydes is 1. The van der Waals surface area contributed by atoms with Crippen LogP contribution in [0.1, 0.15) is 6.92 Å². The summed E-state index contributed by atoms with van der Waals surface area (Å²) < 4.78 is 34.6. The summed E-state index contributed by atoms with van der Waals surface area (Å²) in [5.41, 5.74) is 19.4. The van der Waals surface area contributed by atoms with Crippen molar-refractivity contribution in [3.05, 3.63) is 0 Å². The highest BCUT2D eigenvalue weighted by Crippen LogP contribution is 2.39. The van der Waals surface area contributed by atoms with Crippen molar-refractivity contribution in [1.82, 2.24) is 5.32 Å². The lowest BCUT2D eigenvalue weighted by molar-refractivity contribution is -0.357. The van der Waals surface area contributed by atoms with Gasteiger partial charge in [0, 0.05) is 0 Å². The first-order chi connectivity index (χ1) is 23.9. The van der Waals surface area contributed by atoms with Crippen LogP contribution < -0.4 is 28.3 Å². The minimum absolute atomic E-state index is 0.0944. The maximum absolute atomic E-state index is 12.3. The third kappa shape index (κ3) is 8.06. The fraction of sp³-hybridized carbons (Fsp3) is 0.889. The number of hydrogen-bond donors (Lipinski definition) is 15. The smallest absolute Gasteiger partial charge is 0.188 e. The first kappa shape index (κ1) is 41.3. The molecule has 20 atom stereocenters. The Balaban J connectivity index is 1.61. The standard InChI is InChI=1S/C27H49N7O17/c1-6-27(45,5-37)21(24(46-6)50-20-10(34-26(30)31)13(39)9(33-25(28)29)14(40)17(20)43)51-22-11(32-2)15(41)19(8(4-36)48-22)49-23-18(44)16(42)12(38)7(3-35)47-23/h5-24,32,35-36,38-45H,3-4H2,1-2H3,(H4,28,29,33)(H4,30,31,34)/t6-,7+,8-,9+,10-,11-,12+,13+,14-,15-,16-,17+,18-,19-,20+,21-,22-,23-,24-,27+/m0/s1. The summed E-state index contributed by atoms with van der Waals surface area (Å²) in [4.78, 5) is 20.0. The fourth-order valence-corrected chi connectivity index (χ4v) is 6.57. The van der Waals surface area contributed by atoms with Crippen molar-refractivity contribution in [2.45, 2.75) is 129 Å². The van der Waals surface area contributed by atoms with E-state index in [9.17, 15) is 55.9 Å². The van der Waals surface area contributed by atoms with Crippen molar-refractivity contribution in [2.75, 3.05) is 20.3 Å². The highest BCUT2D eigenvalue weighted by atomic mass is 16.8. The molecule has 4 aliphatic rings. The van der Waals surface area contributed by atoms with E-state index in [0.29, 0.717) is 0 Å². The van der Waals surface area contributed by atoms with E-state index >= 15 is 0 Å². The Kier molecular flexibility index (Phi) is 13.5. The lowest BCUT2D eigenvalue weighted by Crippen LogP contribution is -2.68. The van der Waals surface area contributed by atoms with Gasteiger partial charge < -0.3 is 108 Å². The minimum Gasteiger partial charge on any atom is -0.394 e. The van der Waals surface area contributed by atoms with Gasteiger partial charge in [0.15, 0.2) is 42.7 Å². The second-order valence-electron chi connectivity index (χ2n) is 12.7. The molecule has 0 aromatic carbocycles. The van der Waals surface area contributed by atoms with Gasteiger partial charge in [0.05, 0.1) is 25.4 Å². The predicted molar refractivity (Wildman–Crippen MR) is 166 cm³/mol. The van der Waals surface area contributed by atoms with Gasteiger partial charge in [0.1, 0.15) is 85.3 Å². The van der Waals surface area contributed by atoms with Crippen LogP contribution in [-0.2, 0) is 33.2 Å². The number of nitrogens with zero attached hydrogens (tertiary/aromatic N) is 2. The van der Waals surface area contributed by atoms with Crippen molar-refractivity contribution >= 4 is 18.2 Å². The molecule has 3 heterocycles. The number of aliphatic hydroxyl groups excluding tert-OH is 9. The molecule has 1 aliphatic carbocycles. The second kappa shape index (κ2) is 16.7. The Morgan fingerprint density at radius 3 is 1.82 bits per heavy atom. The zero-order valence-electron chi connectivity index (χ0n) is 27.5. The highest BCUT2D eigenvalue weighted by molar-refractivity contribution is 5.76. The predicted octanol–water partition coefficient (Wildman–Crippen LogP) is -10.3. The van der Waals surface area contributed by atoms with Gasteiger partial charge >= 0.3 is 0 Å². The zero-order valence-corrected chi connectivity index (χ0v) is 27.5. The quantitative estimate of drug-likeness (QED) is 0.0501. The molecule has 0 amide bonds. The summed E-state index contributed by atoms with van der Waals surface area (Å²) in [6.07, 6.45) is -27.0. The molecule has 1 saturated carbocycles. The third-order valence-electron chi connectivity index (χ3n) is 9.45. The third-order valence-corrected chi connectivity index (χ3v) is 9.45. The van der Waals surface area contributed by atoms with Crippen LogP contribution in [0.2, 0.25) is 0 Å². The van der Waals surface area contributed by atoms with Gasteiger partial charge in [-0.2, -0.15) is 0 Å². The maximum atomic E-state index is 12.3. The normalized spacial score (nSPS) is 48.9. The van der Waals surface area contributed by atoms with E-state index in [1.807, 2.05) is 0 Å². The number of likely N-dealkylation sites (N-methyl/N-ethyl adjacent to an activating group) is 1. The number of ether oxygens (including phenoxy) is 6. The molecular weight excluding hydrogens is 694 g/mol. The number of nitrogens with one attached hydrogen (secondary N) is 1. The van der Waals surface area contributed by atoms with Gasteiger partial charge in [-0.3, -0.25) is 4.79 Å². The Morgan fingerprint density at radius 2 is 1.27 bits per heavy atom. The molecule has 0 aromatic rings. The highest BCUT2D eigenvalue weighted by Gasteiger charge is 2.61. The van der Waals surface area contributed by atoms with Crippen molar-refractivity contribution in [1.29, 1.82) is 0 Å². The van der Waals surface area contributed by atoms with E-state index in [0.717, 1.165) is 0 Å². The molecule has 3 aliphatic heterocycles. The lowest BCUT2D eigenvalue weighted by atomic mass is 9.81. The number of hydrogen-bond acceptors (Lipinski definition) is 20. The molecule has 294 valence electrons. The minimum atomic E-state index is -2.50. The van der Waals surface area contributed by atoms with Crippen LogP contribution in [0.5, 0.6) is 0 Å². The van der Waals surface area contributed by atoms with Gasteiger partial charge in [-0.05, 0) is 14.0 Å². The van der Waals surface area contributed by atoms with Gasteiger partial charge in [-0.1, -0.05) is 0 Å². The fourth-order valence-electron chi connectivity index (χ4n) is 6.57. The summed E-state index contributed by atoms with van der Waals surface area (Å²) in [5.74, 6) is -1.11. The molecule has 19 N–H and O–H groups in total. The van der Waals surface area contributed by atoms with E-state index in [4.69, 9.17) is 51.4 Å². The SMILES string of the molecule is CN[C@@H]1[C@H](O[C@H]2[C@H](O[C@H]3[C@H](O)[C@@H](O)[C@H](N=C(N)N)[C@@H](O)[C@@H]3N=C(N)N)O[C@@H](C)[C@]2(O)C=O)O[C@@H](CO)[C@H](O[C@@H]2O[C@H](CO)[C@@H](O)[C@H](O)[C@@H]2O)[C@H]1O. The molecule has 0 bridgehead atoms. The van der Waals surface area contributed by atoms with E-state index < -0.39 is 147 Å². The van der Waals surface area contributed by atoms with E-state index in [1.54, 1.807) is 0 Å². The van der Waals surface area contributed by atoms with E-state index in [2.05, 4.69) is 15.3 Å². The molecule has 24 nitrogen and oxygen atoms in total.